The van der Waals surface area contributed by atoms with Crippen LogP contribution in [0.1, 0.15) is 195 Å². The molecule has 0 aromatic rings. The molecule has 0 heterocycles. The van der Waals surface area contributed by atoms with Crippen molar-refractivity contribution in [1.29, 1.82) is 0 Å². The second-order valence-electron chi connectivity index (χ2n) is 12.6. The molecule has 4 nitrogen and oxygen atoms in total. The predicted octanol–water partition coefficient (Wildman–Crippen LogP) is 10.8. The first kappa shape index (κ1) is 39.4. The molecule has 0 aliphatic rings. The molecule has 0 aliphatic carbocycles. The third-order valence-corrected chi connectivity index (χ3v) is 8.62. The number of rotatable bonds is 32. The minimum absolute atomic E-state index is 0.0309. The van der Waals surface area contributed by atoms with Gasteiger partial charge in [0.05, 0.1) is 6.61 Å². The van der Waals surface area contributed by atoms with Crippen molar-refractivity contribution in [2.45, 2.75) is 207 Å². The van der Waals surface area contributed by atoms with Gasteiger partial charge < -0.3 is 9.84 Å². The zero-order valence-electron chi connectivity index (χ0n) is 27.9. The van der Waals surface area contributed by atoms with Crippen LogP contribution < -0.4 is 0 Å². The van der Waals surface area contributed by atoms with E-state index in [0.717, 1.165) is 38.8 Å². The molecule has 0 spiro atoms. The van der Waals surface area contributed by atoms with E-state index in [0.29, 0.717) is 12.5 Å². The van der Waals surface area contributed by atoms with Crippen molar-refractivity contribution >= 4 is 5.97 Å². The van der Waals surface area contributed by atoms with Crippen LogP contribution >= 0.6 is 0 Å². The molecule has 0 aliphatic heterocycles. The molecule has 0 rings (SSSR count). The van der Waals surface area contributed by atoms with Crippen molar-refractivity contribution in [2.75, 3.05) is 19.7 Å². The van der Waals surface area contributed by atoms with Crippen molar-refractivity contribution in [3.63, 3.8) is 0 Å². The van der Waals surface area contributed by atoms with Gasteiger partial charge in [0.25, 0.3) is 0 Å². The lowest BCUT2D eigenvalue weighted by atomic mass is 10.0. The summed E-state index contributed by atoms with van der Waals surface area (Å²) in [4.78, 5) is 15.1. The second-order valence-corrected chi connectivity index (χ2v) is 12.6. The maximum atomic E-state index is 12.6. The molecule has 0 aromatic carbocycles. The number of hydrogen-bond acceptors (Lipinski definition) is 4. The van der Waals surface area contributed by atoms with E-state index in [1.54, 1.807) is 0 Å². The summed E-state index contributed by atoms with van der Waals surface area (Å²) in [5, 5.41) is 9.51. The van der Waals surface area contributed by atoms with Gasteiger partial charge in [0.2, 0.25) is 0 Å². The minimum atomic E-state index is 0.0309. The van der Waals surface area contributed by atoms with E-state index in [4.69, 9.17) is 4.74 Å². The molecule has 0 radical (unpaired) electrons. The Hall–Kier alpha value is -0.610. The summed E-state index contributed by atoms with van der Waals surface area (Å²) in [7, 11) is 0. The summed E-state index contributed by atoms with van der Waals surface area (Å²) in [5.41, 5.74) is 0. The first-order valence-electron chi connectivity index (χ1n) is 18.1. The molecule has 0 aromatic heterocycles. The maximum Gasteiger partial charge on any atom is 0.306 e. The molecule has 0 saturated carbocycles. The van der Waals surface area contributed by atoms with Crippen LogP contribution in [0, 0.1) is 0 Å². The van der Waals surface area contributed by atoms with Crippen LogP contribution in [0.4, 0.5) is 0 Å². The normalized spacial score (nSPS) is 12.5. The molecule has 0 saturated heterocycles. The topological polar surface area (TPSA) is 49.8 Å². The second kappa shape index (κ2) is 31.3. The number of nitrogens with zero attached hydrogens (tertiary/aromatic N) is 1. The monoisotopic (exact) mass is 568 g/mol. The third-order valence-electron chi connectivity index (χ3n) is 8.62. The van der Waals surface area contributed by atoms with E-state index in [2.05, 4.69) is 32.6 Å². The molecule has 1 unspecified atom stereocenters. The highest BCUT2D eigenvalue weighted by atomic mass is 16.5. The van der Waals surface area contributed by atoms with Crippen LogP contribution in [0.5, 0.6) is 0 Å². The number of aliphatic hydroxyl groups excluding tert-OH is 1. The summed E-state index contributed by atoms with van der Waals surface area (Å²) in [6.45, 7) is 11.3. The Kier molecular flexibility index (Phi) is 30.9. The molecule has 1 atom stereocenters. The summed E-state index contributed by atoms with van der Waals surface area (Å²) in [6, 6.07) is 0.525. The van der Waals surface area contributed by atoms with Crippen molar-refractivity contribution in [1.82, 2.24) is 4.90 Å². The Labute approximate surface area is 251 Å². The van der Waals surface area contributed by atoms with Crippen LogP contribution in [-0.4, -0.2) is 47.8 Å². The Morgan fingerprint density at radius 1 is 0.575 bits per heavy atom. The van der Waals surface area contributed by atoms with Crippen molar-refractivity contribution in [3.05, 3.63) is 0 Å². The summed E-state index contributed by atoms with van der Waals surface area (Å²) < 4.78 is 6.01. The number of unbranched alkanes of at least 4 members (excludes halogenated alkanes) is 18. The van der Waals surface area contributed by atoms with Crippen molar-refractivity contribution < 1.29 is 14.6 Å². The SMILES string of the molecule is CCCCCCCCC(CCCCCCCC)OC(=O)CCCCCCC(C)N(CCO)CCCCCCCC. The van der Waals surface area contributed by atoms with Crippen LogP contribution in [0.3, 0.4) is 0 Å². The van der Waals surface area contributed by atoms with Gasteiger partial charge in [-0.05, 0) is 58.4 Å². The average molecular weight is 568 g/mol. The standard InChI is InChI=1S/C36H73NO3/c1-5-8-11-14-17-23-28-35(29-24-18-15-12-9-6-2)40-36(39)30-25-20-19-22-27-34(4)37(32-33-38)31-26-21-16-13-10-7-3/h34-35,38H,5-33H2,1-4H3. The third kappa shape index (κ3) is 26.3. The molecular weight excluding hydrogens is 494 g/mol. The summed E-state index contributed by atoms with van der Waals surface area (Å²) in [6.07, 6.45) is 31.9. The lowest BCUT2D eigenvalue weighted by Crippen LogP contribution is -2.36. The molecule has 0 bridgehead atoms. The summed E-state index contributed by atoms with van der Waals surface area (Å²) in [5.74, 6) is 0.0309. The Balaban J connectivity index is 4.16. The van der Waals surface area contributed by atoms with Crippen LogP contribution in [-0.2, 0) is 9.53 Å². The number of ether oxygens (including phenoxy) is 1. The number of esters is 1. The van der Waals surface area contributed by atoms with Gasteiger partial charge in [0.15, 0.2) is 0 Å². The molecule has 0 amide bonds. The Bertz CT molecular complexity index is 496. The number of aliphatic hydroxyl groups is 1. The van der Waals surface area contributed by atoms with E-state index in [9.17, 15) is 9.90 Å². The summed E-state index contributed by atoms with van der Waals surface area (Å²) >= 11 is 0. The van der Waals surface area contributed by atoms with E-state index in [1.165, 1.54) is 135 Å². The molecule has 240 valence electrons. The van der Waals surface area contributed by atoms with E-state index >= 15 is 0 Å². The van der Waals surface area contributed by atoms with Gasteiger partial charge in [-0.25, -0.2) is 0 Å². The van der Waals surface area contributed by atoms with E-state index in [1.807, 2.05) is 0 Å². The van der Waals surface area contributed by atoms with E-state index in [-0.39, 0.29) is 18.7 Å². The van der Waals surface area contributed by atoms with Crippen molar-refractivity contribution in [3.8, 4) is 0 Å². The quantitative estimate of drug-likeness (QED) is 0.0648. The van der Waals surface area contributed by atoms with Gasteiger partial charge in [-0.2, -0.15) is 0 Å². The maximum absolute atomic E-state index is 12.6. The van der Waals surface area contributed by atoms with E-state index < -0.39 is 0 Å². The molecule has 1 N–H and O–H groups in total. The fourth-order valence-electron chi connectivity index (χ4n) is 5.83. The van der Waals surface area contributed by atoms with Crippen LogP contribution in [0.15, 0.2) is 0 Å². The zero-order valence-corrected chi connectivity index (χ0v) is 27.9. The highest BCUT2D eigenvalue weighted by Crippen LogP contribution is 2.19. The van der Waals surface area contributed by atoms with Gasteiger partial charge in [0, 0.05) is 19.0 Å². The first-order chi connectivity index (χ1) is 19.6. The van der Waals surface area contributed by atoms with Gasteiger partial charge in [-0.1, -0.05) is 136 Å². The van der Waals surface area contributed by atoms with Gasteiger partial charge in [-0.3, -0.25) is 9.69 Å². The fraction of sp³-hybridized carbons (Fsp3) is 0.972. The number of carbonyl (C=O) groups is 1. The lowest BCUT2D eigenvalue weighted by molar-refractivity contribution is -0.150. The fourth-order valence-corrected chi connectivity index (χ4v) is 5.83. The van der Waals surface area contributed by atoms with Crippen LogP contribution in [0.2, 0.25) is 0 Å². The molecule has 4 heteroatoms. The Morgan fingerprint density at radius 2 is 1.00 bits per heavy atom. The highest BCUT2D eigenvalue weighted by Gasteiger charge is 2.15. The predicted molar refractivity (Wildman–Crippen MR) is 175 cm³/mol. The lowest BCUT2D eigenvalue weighted by Gasteiger charge is -2.28. The molecular formula is C36H73NO3. The largest absolute Gasteiger partial charge is 0.462 e. The average Bonchev–Trinajstić information content (AvgIpc) is 2.95. The Morgan fingerprint density at radius 3 is 1.50 bits per heavy atom. The van der Waals surface area contributed by atoms with Gasteiger partial charge in [-0.15, -0.1) is 0 Å². The van der Waals surface area contributed by atoms with Crippen molar-refractivity contribution in [2.24, 2.45) is 0 Å². The number of carbonyl (C=O) groups excluding carboxylic acids is 1. The molecule has 40 heavy (non-hydrogen) atoms. The molecule has 0 fully saturated rings. The zero-order chi connectivity index (χ0) is 29.5. The highest BCUT2D eigenvalue weighted by molar-refractivity contribution is 5.69. The smallest absolute Gasteiger partial charge is 0.306 e. The first-order valence-corrected chi connectivity index (χ1v) is 18.1. The minimum Gasteiger partial charge on any atom is -0.462 e. The van der Waals surface area contributed by atoms with Crippen LogP contribution in [0.25, 0.3) is 0 Å². The van der Waals surface area contributed by atoms with Gasteiger partial charge >= 0.3 is 5.97 Å². The number of hydrogen-bond donors (Lipinski definition) is 1. The van der Waals surface area contributed by atoms with Gasteiger partial charge in [0.1, 0.15) is 6.10 Å².